The molecule has 0 radical (unpaired) electrons. The van der Waals surface area contributed by atoms with E-state index in [1.807, 2.05) is 43.5 Å². The molecule has 1 aromatic heterocycles. The first-order chi connectivity index (χ1) is 14.5. The van der Waals surface area contributed by atoms with E-state index in [1.54, 1.807) is 12.1 Å². The van der Waals surface area contributed by atoms with Crippen LogP contribution in [0.15, 0.2) is 66.9 Å². The number of aliphatic hydroxyl groups excluding tert-OH is 1. The number of aliphatic hydroxyl groups is 1. The molecule has 0 aliphatic rings. The van der Waals surface area contributed by atoms with Gasteiger partial charge in [-0.2, -0.15) is 0 Å². The van der Waals surface area contributed by atoms with E-state index in [4.69, 9.17) is 0 Å². The van der Waals surface area contributed by atoms with Gasteiger partial charge in [-0.1, -0.05) is 37.3 Å². The maximum atomic E-state index is 13.0. The summed E-state index contributed by atoms with van der Waals surface area (Å²) in [4.78, 5) is 9.12. The van der Waals surface area contributed by atoms with Crippen LogP contribution < -0.4 is 0 Å². The predicted octanol–water partition coefficient (Wildman–Crippen LogP) is 4.91. The Morgan fingerprint density at radius 1 is 1.13 bits per heavy atom. The molecule has 30 heavy (non-hydrogen) atoms. The molecule has 1 aromatic carbocycles. The van der Waals surface area contributed by atoms with Crippen LogP contribution in [0, 0.1) is 5.82 Å². The topological polar surface area (TPSA) is 39.6 Å². The number of allylic oxidation sites excluding steroid dienone is 3. The number of hydrogen-bond acceptors (Lipinski definition) is 4. The summed E-state index contributed by atoms with van der Waals surface area (Å²) in [6, 6.07) is 12.1. The summed E-state index contributed by atoms with van der Waals surface area (Å²) in [7, 11) is 2.09. The lowest BCUT2D eigenvalue weighted by molar-refractivity contribution is 0.155. The molecule has 0 saturated carbocycles. The van der Waals surface area contributed by atoms with Gasteiger partial charge in [0.2, 0.25) is 0 Å². The lowest BCUT2D eigenvalue weighted by atomic mass is 10.0. The van der Waals surface area contributed by atoms with Crippen molar-refractivity contribution in [3.63, 3.8) is 0 Å². The largest absolute Gasteiger partial charge is 0.388 e. The first-order valence-corrected chi connectivity index (χ1v) is 10.7. The van der Waals surface area contributed by atoms with Crippen LogP contribution in [0.1, 0.15) is 44.1 Å². The molecule has 0 saturated heterocycles. The van der Waals surface area contributed by atoms with Gasteiger partial charge in [-0.05, 0) is 68.8 Å². The van der Waals surface area contributed by atoms with Crippen LogP contribution in [0.3, 0.4) is 0 Å². The second kappa shape index (κ2) is 12.9. The van der Waals surface area contributed by atoms with Crippen LogP contribution in [0.4, 0.5) is 4.39 Å². The van der Waals surface area contributed by atoms with Gasteiger partial charge in [-0.3, -0.25) is 4.98 Å². The van der Waals surface area contributed by atoms with Gasteiger partial charge in [0, 0.05) is 26.3 Å². The maximum Gasteiger partial charge on any atom is 0.123 e. The minimum Gasteiger partial charge on any atom is -0.388 e. The SMILES string of the molecule is C/C=C\C=C(/c1ccccn1)N(C)CCN(CC)CCCC(O)c1ccc(F)cc1. The Hall–Kier alpha value is -2.50. The third kappa shape index (κ3) is 7.73. The van der Waals surface area contributed by atoms with Crippen molar-refractivity contribution >= 4 is 5.70 Å². The molecule has 1 N–H and O–H groups in total. The standard InChI is InChI=1S/C25H34FN3O/c1-4-6-11-24(23-10-7-8-17-27-23)28(3)19-20-29(5-2)18-9-12-25(30)21-13-15-22(26)16-14-21/h4,6-8,10-11,13-17,25,30H,5,9,12,18-20H2,1-3H3/b6-4-,24-11+. The van der Waals surface area contributed by atoms with Crippen LogP contribution in [0.2, 0.25) is 0 Å². The van der Waals surface area contributed by atoms with Crippen molar-refractivity contribution in [3.05, 3.63) is 84.0 Å². The summed E-state index contributed by atoms with van der Waals surface area (Å²) >= 11 is 0. The summed E-state index contributed by atoms with van der Waals surface area (Å²) < 4.78 is 13.0. The zero-order chi connectivity index (χ0) is 21.8. The van der Waals surface area contributed by atoms with Gasteiger partial charge in [0.25, 0.3) is 0 Å². The maximum absolute atomic E-state index is 13.0. The number of halogens is 1. The predicted molar refractivity (Wildman–Crippen MR) is 122 cm³/mol. The molecule has 1 atom stereocenters. The van der Waals surface area contributed by atoms with Crippen LogP contribution in [0.5, 0.6) is 0 Å². The Labute approximate surface area is 180 Å². The smallest absolute Gasteiger partial charge is 0.123 e. The van der Waals surface area contributed by atoms with Crippen molar-refractivity contribution in [1.82, 2.24) is 14.8 Å². The van der Waals surface area contributed by atoms with Gasteiger partial charge < -0.3 is 14.9 Å². The van der Waals surface area contributed by atoms with Crippen LogP contribution in [0.25, 0.3) is 5.70 Å². The van der Waals surface area contributed by atoms with E-state index in [0.29, 0.717) is 6.42 Å². The minimum absolute atomic E-state index is 0.277. The van der Waals surface area contributed by atoms with E-state index in [2.05, 4.69) is 34.8 Å². The number of benzene rings is 1. The van der Waals surface area contributed by atoms with Crippen molar-refractivity contribution < 1.29 is 9.50 Å². The molecule has 0 amide bonds. The molecule has 2 aromatic rings. The van der Waals surface area contributed by atoms with E-state index in [1.165, 1.54) is 12.1 Å². The Morgan fingerprint density at radius 2 is 1.90 bits per heavy atom. The van der Waals surface area contributed by atoms with E-state index >= 15 is 0 Å². The first kappa shape index (κ1) is 23.8. The van der Waals surface area contributed by atoms with Gasteiger partial charge in [0.15, 0.2) is 0 Å². The van der Waals surface area contributed by atoms with Gasteiger partial charge in [0.1, 0.15) is 5.82 Å². The first-order valence-electron chi connectivity index (χ1n) is 10.7. The fourth-order valence-corrected chi connectivity index (χ4v) is 3.31. The molecule has 1 unspecified atom stereocenters. The molecular weight excluding hydrogens is 377 g/mol. The molecule has 1 heterocycles. The highest BCUT2D eigenvalue weighted by Crippen LogP contribution is 2.19. The summed E-state index contributed by atoms with van der Waals surface area (Å²) in [5.74, 6) is -0.277. The molecular formula is C25H34FN3O. The van der Waals surface area contributed by atoms with Crippen molar-refractivity contribution in [2.75, 3.05) is 33.2 Å². The Kier molecular flexibility index (Phi) is 10.3. The number of likely N-dealkylation sites (N-methyl/N-ethyl adjacent to an activating group) is 2. The van der Waals surface area contributed by atoms with E-state index in [0.717, 1.165) is 49.6 Å². The zero-order valence-corrected chi connectivity index (χ0v) is 18.3. The van der Waals surface area contributed by atoms with Gasteiger partial charge >= 0.3 is 0 Å². The second-order valence-electron chi connectivity index (χ2n) is 7.36. The average Bonchev–Trinajstić information content (AvgIpc) is 2.77. The molecule has 0 aliphatic carbocycles. The van der Waals surface area contributed by atoms with Crippen molar-refractivity contribution in [2.45, 2.75) is 32.8 Å². The molecule has 0 spiro atoms. The zero-order valence-electron chi connectivity index (χ0n) is 18.3. The summed E-state index contributed by atoms with van der Waals surface area (Å²) in [6.45, 7) is 7.85. The summed E-state index contributed by atoms with van der Waals surface area (Å²) in [5, 5.41) is 10.3. The highest BCUT2D eigenvalue weighted by atomic mass is 19.1. The molecule has 5 heteroatoms. The Balaban J connectivity index is 1.85. The number of aromatic nitrogens is 1. The normalized spacial score (nSPS) is 13.2. The minimum atomic E-state index is -0.550. The fraction of sp³-hybridized carbons (Fsp3) is 0.400. The third-order valence-corrected chi connectivity index (χ3v) is 5.19. The number of pyridine rings is 1. The summed E-state index contributed by atoms with van der Waals surface area (Å²) in [5.41, 5.74) is 2.83. The Morgan fingerprint density at radius 3 is 2.53 bits per heavy atom. The van der Waals surface area contributed by atoms with Crippen LogP contribution in [-0.2, 0) is 0 Å². The lowest BCUT2D eigenvalue weighted by Crippen LogP contribution is -2.33. The molecule has 0 fully saturated rings. The highest BCUT2D eigenvalue weighted by Gasteiger charge is 2.12. The number of rotatable bonds is 12. The van der Waals surface area contributed by atoms with Crippen molar-refractivity contribution in [1.29, 1.82) is 0 Å². The second-order valence-corrected chi connectivity index (χ2v) is 7.36. The monoisotopic (exact) mass is 411 g/mol. The van der Waals surface area contributed by atoms with E-state index in [9.17, 15) is 9.50 Å². The van der Waals surface area contributed by atoms with Crippen LogP contribution >= 0.6 is 0 Å². The molecule has 162 valence electrons. The van der Waals surface area contributed by atoms with E-state index in [-0.39, 0.29) is 5.82 Å². The van der Waals surface area contributed by atoms with Gasteiger partial charge in [0.05, 0.1) is 17.5 Å². The van der Waals surface area contributed by atoms with Gasteiger partial charge in [-0.25, -0.2) is 4.39 Å². The third-order valence-electron chi connectivity index (χ3n) is 5.19. The van der Waals surface area contributed by atoms with Gasteiger partial charge in [-0.15, -0.1) is 0 Å². The van der Waals surface area contributed by atoms with Crippen molar-refractivity contribution in [2.24, 2.45) is 0 Å². The lowest BCUT2D eigenvalue weighted by Gasteiger charge is -2.27. The fourth-order valence-electron chi connectivity index (χ4n) is 3.31. The molecule has 2 rings (SSSR count). The summed E-state index contributed by atoms with van der Waals surface area (Å²) in [6.07, 6.45) is 8.97. The average molecular weight is 412 g/mol. The molecule has 0 bridgehead atoms. The highest BCUT2D eigenvalue weighted by molar-refractivity contribution is 5.62. The van der Waals surface area contributed by atoms with E-state index < -0.39 is 6.10 Å². The Bertz CT molecular complexity index is 790. The molecule has 4 nitrogen and oxygen atoms in total. The van der Waals surface area contributed by atoms with Crippen LogP contribution in [-0.4, -0.2) is 53.1 Å². The number of hydrogen-bond donors (Lipinski definition) is 1. The van der Waals surface area contributed by atoms with Crippen molar-refractivity contribution in [3.8, 4) is 0 Å². The molecule has 0 aliphatic heterocycles. The quantitative estimate of drug-likeness (QED) is 0.504. The number of nitrogens with zero attached hydrogens (tertiary/aromatic N) is 3.